The van der Waals surface area contributed by atoms with Gasteiger partial charge in [-0.1, -0.05) is 54.6 Å². The van der Waals surface area contributed by atoms with Crippen molar-refractivity contribution in [3.05, 3.63) is 77.5 Å². The molecule has 3 rings (SSSR count). The highest BCUT2D eigenvalue weighted by Crippen LogP contribution is 2.20. The maximum absolute atomic E-state index is 5.87. The smallest absolute Gasteiger partial charge is 0.0724 e. The first-order chi connectivity index (χ1) is 12.5. The molecule has 0 aliphatic carbocycles. The fourth-order valence-corrected chi connectivity index (χ4v) is 2.77. The molecule has 1 heterocycles. The molecule has 0 aliphatic heterocycles. The number of nitrogens with zero attached hydrogens (tertiary/aromatic N) is 1. The molecule has 0 saturated heterocycles. The van der Waals surface area contributed by atoms with Crippen molar-refractivity contribution < 1.29 is 4.74 Å². The Balaban J connectivity index is 1.57. The summed E-state index contributed by atoms with van der Waals surface area (Å²) < 4.78 is 5.87. The van der Waals surface area contributed by atoms with Crippen molar-refractivity contribution in [1.29, 1.82) is 0 Å². The highest BCUT2D eigenvalue weighted by molar-refractivity contribution is 5.62. The highest BCUT2D eigenvalue weighted by Gasteiger charge is 2.10. The third-order valence-electron chi connectivity index (χ3n) is 4.09. The Bertz CT molecular complexity index is 819. The van der Waals surface area contributed by atoms with Crippen molar-refractivity contribution in [2.45, 2.75) is 46.1 Å². The van der Waals surface area contributed by atoms with E-state index in [0.717, 1.165) is 24.3 Å². The normalized spacial score (nSPS) is 11.7. The number of aromatic amines is 1. The molecule has 4 heteroatoms. The fourth-order valence-electron chi connectivity index (χ4n) is 2.77. The lowest BCUT2D eigenvalue weighted by atomic mass is 10.1. The van der Waals surface area contributed by atoms with Crippen LogP contribution in [0.15, 0.2) is 60.8 Å². The van der Waals surface area contributed by atoms with E-state index in [1.165, 1.54) is 16.7 Å². The van der Waals surface area contributed by atoms with Crippen molar-refractivity contribution in [2.24, 2.45) is 0 Å². The molecule has 1 aromatic heterocycles. The van der Waals surface area contributed by atoms with Crippen molar-refractivity contribution in [3.63, 3.8) is 0 Å². The molecular formula is C22H27N3O. The summed E-state index contributed by atoms with van der Waals surface area (Å²) in [4.78, 5) is 0. The summed E-state index contributed by atoms with van der Waals surface area (Å²) >= 11 is 0. The van der Waals surface area contributed by atoms with Gasteiger partial charge in [0.2, 0.25) is 0 Å². The number of nitrogens with one attached hydrogen (secondary N) is 2. The van der Waals surface area contributed by atoms with Crippen molar-refractivity contribution in [2.75, 3.05) is 0 Å². The summed E-state index contributed by atoms with van der Waals surface area (Å²) in [7, 11) is 0. The van der Waals surface area contributed by atoms with Gasteiger partial charge in [0, 0.05) is 18.7 Å². The van der Waals surface area contributed by atoms with Gasteiger partial charge in [0.1, 0.15) is 0 Å². The molecule has 0 fully saturated rings. The molecule has 0 unspecified atom stereocenters. The van der Waals surface area contributed by atoms with Crippen LogP contribution in [0.25, 0.3) is 11.3 Å². The van der Waals surface area contributed by atoms with E-state index in [0.29, 0.717) is 6.61 Å². The molecule has 0 saturated carbocycles. The highest BCUT2D eigenvalue weighted by atomic mass is 16.5. The number of benzene rings is 2. The second-order valence-corrected chi connectivity index (χ2v) is 7.46. The first kappa shape index (κ1) is 18.4. The van der Waals surface area contributed by atoms with Crippen LogP contribution in [0.4, 0.5) is 0 Å². The third kappa shape index (κ3) is 5.28. The minimum absolute atomic E-state index is 0.122. The Labute approximate surface area is 155 Å². The van der Waals surface area contributed by atoms with Gasteiger partial charge in [-0.2, -0.15) is 5.10 Å². The van der Waals surface area contributed by atoms with E-state index < -0.39 is 0 Å². The van der Waals surface area contributed by atoms with Crippen molar-refractivity contribution >= 4 is 0 Å². The molecule has 0 aliphatic rings. The molecule has 26 heavy (non-hydrogen) atoms. The summed E-state index contributed by atoms with van der Waals surface area (Å²) in [5.74, 6) is 0. The zero-order valence-corrected chi connectivity index (χ0v) is 15.8. The predicted molar refractivity (Wildman–Crippen MR) is 106 cm³/mol. The van der Waals surface area contributed by atoms with Gasteiger partial charge >= 0.3 is 0 Å². The monoisotopic (exact) mass is 349 g/mol. The molecule has 0 atom stereocenters. The molecule has 3 aromatic rings. The fraction of sp³-hybridized carbons (Fsp3) is 0.318. The van der Waals surface area contributed by atoms with E-state index in [9.17, 15) is 0 Å². The van der Waals surface area contributed by atoms with Gasteiger partial charge in [0.25, 0.3) is 0 Å². The topological polar surface area (TPSA) is 49.9 Å². The molecule has 0 spiro atoms. The first-order valence-electron chi connectivity index (χ1n) is 9.01. The number of aromatic nitrogens is 2. The van der Waals surface area contributed by atoms with Crippen LogP contribution in [-0.4, -0.2) is 15.8 Å². The number of hydrogen-bond donors (Lipinski definition) is 2. The zero-order valence-electron chi connectivity index (χ0n) is 15.8. The maximum Gasteiger partial charge on any atom is 0.0724 e. The predicted octanol–water partition coefficient (Wildman–Crippen LogP) is 4.68. The minimum atomic E-state index is -0.122. The molecule has 0 bridgehead atoms. The van der Waals surface area contributed by atoms with Crippen LogP contribution in [0.1, 0.15) is 37.5 Å². The van der Waals surface area contributed by atoms with E-state index >= 15 is 0 Å². The standard InChI is InChI=1S/C22H27N3O/c1-22(2,3)26-16-18-9-7-8-17(12-18)13-23-14-20-15-24-25-21(20)19-10-5-4-6-11-19/h4-12,15,23H,13-14,16H2,1-3H3,(H,24,25). The molecular weight excluding hydrogens is 322 g/mol. The molecule has 0 amide bonds. The lowest BCUT2D eigenvalue weighted by molar-refractivity contribution is -0.0149. The van der Waals surface area contributed by atoms with Gasteiger partial charge in [0.15, 0.2) is 0 Å². The number of hydrogen-bond acceptors (Lipinski definition) is 3. The molecule has 4 nitrogen and oxygen atoms in total. The van der Waals surface area contributed by atoms with Crippen LogP contribution < -0.4 is 5.32 Å². The van der Waals surface area contributed by atoms with E-state index in [1.807, 2.05) is 24.4 Å². The van der Waals surface area contributed by atoms with Crippen molar-refractivity contribution in [3.8, 4) is 11.3 Å². The lowest BCUT2D eigenvalue weighted by Gasteiger charge is -2.19. The van der Waals surface area contributed by atoms with Gasteiger partial charge in [0.05, 0.1) is 24.1 Å². The summed E-state index contributed by atoms with van der Waals surface area (Å²) in [6.45, 7) is 8.44. The van der Waals surface area contributed by atoms with Crippen LogP contribution in [0.3, 0.4) is 0 Å². The first-order valence-corrected chi connectivity index (χ1v) is 9.01. The SMILES string of the molecule is CC(C)(C)OCc1cccc(CNCc2cn[nH]c2-c2ccccc2)c1. The maximum atomic E-state index is 5.87. The van der Waals surface area contributed by atoms with Crippen molar-refractivity contribution in [1.82, 2.24) is 15.5 Å². The van der Waals surface area contributed by atoms with E-state index in [2.05, 4.69) is 72.7 Å². The Morgan fingerprint density at radius 2 is 1.73 bits per heavy atom. The Hall–Kier alpha value is -2.43. The average Bonchev–Trinajstić information content (AvgIpc) is 3.09. The number of ether oxygens (including phenoxy) is 1. The zero-order chi connectivity index (χ0) is 18.4. The van der Waals surface area contributed by atoms with E-state index in [1.54, 1.807) is 0 Å². The van der Waals surface area contributed by atoms with Gasteiger partial charge in [-0.15, -0.1) is 0 Å². The van der Waals surface area contributed by atoms with Crippen LogP contribution in [0, 0.1) is 0 Å². The van der Waals surface area contributed by atoms with E-state index in [-0.39, 0.29) is 5.60 Å². The van der Waals surface area contributed by atoms with Crippen LogP contribution >= 0.6 is 0 Å². The quantitative estimate of drug-likeness (QED) is 0.651. The van der Waals surface area contributed by atoms with E-state index in [4.69, 9.17) is 4.74 Å². The summed E-state index contributed by atoms with van der Waals surface area (Å²) in [5.41, 5.74) is 5.73. The third-order valence-corrected chi connectivity index (χ3v) is 4.09. The van der Waals surface area contributed by atoms with Gasteiger partial charge in [-0.25, -0.2) is 0 Å². The molecule has 136 valence electrons. The number of H-pyrrole nitrogens is 1. The largest absolute Gasteiger partial charge is 0.371 e. The summed E-state index contributed by atoms with van der Waals surface area (Å²) in [5, 5.41) is 10.8. The second kappa shape index (κ2) is 8.30. The van der Waals surface area contributed by atoms with Crippen LogP contribution in [0.2, 0.25) is 0 Å². The Morgan fingerprint density at radius 1 is 0.962 bits per heavy atom. The molecule has 2 aromatic carbocycles. The molecule has 2 N–H and O–H groups in total. The molecule has 0 radical (unpaired) electrons. The van der Waals surface area contributed by atoms with Crippen LogP contribution in [-0.2, 0) is 24.4 Å². The van der Waals surface area contributed by atoms with Gasteiger partial charge in [-0.05, 0) is 37.5 Å². The van der Waals surface area contributed by atoms with Gasteiger partial charge in [-0.3, -0.25) is 5.10 Å². The minimum Gasteiger partial charge on any atom is -0.371 e. The summed E-state index contributed by atoms with van der Waals surface area (Å²) in [6, 6.07) is 18.8. The Morgan fingerprint density at radius 3 is 2.50 bits per heavy atom. The average molecular weight is 349 g/mol. The van der Waals surface area contributed by atoms with Gasteiger partial charge < -0.3 is 10.1 Å². The number of rotatable bonds is 7. The summed E-state index contributed by atoms with van der Waals surface area (Å²) in [6.07, 6.45) is 1.89. The van der Waals surface area contributed by atoms with Crippen LogP contribution in [0.5, 0.6) is 0 Å². The Kier molecular flexibility index (Phi) is 5.86. The lowest BCUT2D eigenvalue weighted by Crippen LogP contribution is -2.18. The second-order valence-electron chi connectivity index (χ2n) is 7.46.